The van der Waals surface area contributed by atoms with Crippen LogP contribution < -0.4 is 43.9 Å². The van der Waals surface area contributed by atoms with Crippen LogP contribution in [0, 0.1) is 0 Å². The molecule has 0 N–H and O–H groups in total. The molecule has 0 aliphatic rings. The molecule has 0 saturated heterocycles. The third-order valence-electron chi connectivity index (χ3n) is 5.47. The van der Waals surface area contributed by atoms with Gasteiger partial charge in [0.15, 0.2) is 13.6 Å². The molecule has 0 radical (unpaired) electrons. The number of phosphoric ester groups is 1. The molecule has 0 aromatic heterocycles. The average molecular weight is 501 g/mol. The Bertz CT molecular complexity index is 832. The molecule has 0 amide bonds. The zero-order valence-corrected chi connectivity index (χ0v) is 25.0. The van der Waals surface area contributed by atoms with E-state index in [1.165, 1.54) is 0 Å². The Hall–Kier alpha value is -0.850. The minimum Gasteiger partial charge on any atom is -0.756 e. The van der Waals surface area contributed by atoms with Gasteiger partial charge in [0, 0.05) is 0 Å². The molecule has 2 aromatic carbocycles. The normalized spacial score (nSPS) is 11.9. The summed E-state index contributed by atoms with van der Waals surface area (Å²) in [6.45, 7) is 15.6. The van der Waals surface area contributed by atoms with Gasteiger partial charge in [-0.15, -0.1) is 0 Å². The smallest absolute Gasteiger partial charge is 0.756 e. The third kappa shape index (κ3) is 8.67. The summed E-state index contributed by atoms with van der Waals surface area (Å²) in [5.74, 6) is 2.20. The van der Waals surface area contributed by atoms with E-state index in [0.717, 1.165) is 22.3 Å². The van der Waals surface area contributed by atoms with Crippen molar-refractivity contribution in [2.24, 2.45) is 0 Å². The number of rotatable bonds is 12. The van der Waals surface area contributed by atoms with E-state index in [1.54, 1.807) is 0 Å². The van der Waals surface area contributed by atoms with Crippen molar-refractivity contribution in [3.05, 3.63) is 58.7 Å². The molecule has 0 unspecified atom stereocenters. The van der Waals surface area contributed by atoms with E-state index in [9.17, 15) is 9.46 Å². The van der Waals surface area contributed by atoms with Crippen molar-refractivity contribution in [3.8, 4) is 11.5 Å². The van der Waals surface area contributed by atoms with Gasteiger partial charge in [-0.3, -0.25) is 13.6 Å². The fraction of sp³-hybridized carbons (Fsp3) is 0.538. The first kappa shape index (κ1) is 31.2. The molecule has 184 valence electrons. The van der Waals surface area contributed by atoms with Gasteiger partial charge in [-0.2, -0.15) is 0 Å². The molecular weight excluding hydrogens is 462 g/mol. The monoisotopic (exact) mass is 500 g/mol. The third-order valence-corrected chi connectivity index (χ3v) is 6.31. The molecule has 0 aliphatic carbocycles. The molecule has 2 rings (SSSR count). The van der Waals surface area contributed by atoms with Crippen molar-refractivity contribution in [3.63, 3.8) is 0 Å². The van der Waals surface area contributed by atoms with Crippen molar-refractivity contribution < 1.29 is 57.5 Å². The number of ether oxygens (including phenoxy) is 2. The molecule has 0 saturated carbocycles. The van der Waals surface area contributed by atoms with Crippen LogP contribution in [-0.4, -0.2) is 13.6 Å². The maximum atomic E-state index is 12.3. The standard InChI is InChI=1S/C26H39O6P.Na/c1-17(2)21-11-9-12-22(18(3)4)25(21)29-15-31-33(27,28)32-16-30-26-23(19(5)6)13-10-14-24(26)20(7)8;/h9-14,17-20H,15-16H2,1-8H3,(H,27,28);/q;+1/p-1. The number of hydrogen-bond donors (Lipinski definition) is 0. The molecule has 0 aliphatic heterocycles. The molecule has 0 heterocycles. The van der Waals surface area contributed by atoms with Crippen molar-refractivity contribution in [1.82, 2.24) is 0 Å². The Morgan fingerprint density at radius 3 is 1.15 bits per heavy atom. The van der Waals surface area contributed by atoms with E-state index in [0.29, 0.717) is 11.5 Å². The molecule has 0 fully saturated rings. The maximum Gasteiger partial charge on any atom is 1.00 e. The van der Waals surface area contributed by atoms with Crippen LogP contribution in [0.3, 0.4) is 0 Å². The van der Waals surface area contributed by atoms with E-state index in [4.69, 9.17) is 18.5 Å². The van der Waals surface area contributed by atoms with Gasteiger partial charge in [0.2, 0.25) is 0 Å². The number of para-hydroxylation sites is 2. The molecule has 34 heavy (non-hydrogen) atoms. The summed E-state index contributed by atoms with van der Waals surface area (Å²) in [4.78, 5) is 12.3. The van der Waals surface area contributed by atoms with E-state index < -0.39 is 21.4 Å². The Kier molecular flexibility index (Phi) is 12.9. The minimum absolute atomic E-state index is 0. The fourth-order valence-corrected chi connectivity index (χ4v) is 4.07. The maximum absolute atomic E-state index is 12.3. The van der Waals surface area contributed by atoms with Crippen LogP contribution in [0.25, 0.3) is 0 Å². The summed E-state index contributed by atoms with van der Waals surface area (Å²) in [5, 5.41) is 0. The van der Waals surface area contributed by atoms with Crippen LogP contribution in [0.4, 0.5) is 0 Å². The predicted octanol–water partition coefficient (Wildman–Crippen LogP) is 4.06. The van der Waals surface area contributed by atoms with Gasteiger partial charge >= 0.3 is 29.6 Å². The summed E-state index contributed by atoms with van der Waals surface area (Å²) < 4.78 is 33.8. The van der Waals surface area contributed by atoms with Crippen molar-refractivity contribution in [2.75, 3.05) is 13.6 Å². The van der Waals surface area contributed by atoms with Gasteiger partial charge in [0.05, 0.1) is 0 Å². The van der Waals surface area contributed by atoms with Gasteiger partial charge < -0.3 is 14.4 Å². The zero-order valence-electron chi connectivity index (χ0n) is 22.1. The Labute approximate surface area is 227 Å². The first-order valence-electron chi connectivity index (χ1n) is 11.6. The second-order valence-corrected chi connectivity index (χ2v) is 10.8. The second-order valence-electron chi connectivity index (χ2n) is 9.38. The van der Waals surface area contributed by atoms with Gasteiger partial charge in [-0.05, 0) is 45.9 Å². The summed E-state index contributed by atoms with van der Waals surface area (Å²) in [5.41, 5.74) is 4.00. The van der Waals surface area contributed by atoms with Gasteiger partial charge in [-0.25, -0.2) is 0 Å². The first-order chi connectivity index (χ1) is 15.4. The molecule has 0 bridgehead atoms. The zero-order chi connectivity index (χ0) is 24.8. The Morgan fingerprint density at radius 1 is 0.647 bits per heavy atom. The van der Waals surface area contributed by atoms with Crippen LogP contribution in [0.2, 0.25) is 0 Å². The second kappa shape index (κ2) is 14.0. The van der Waals surface area contributed by atoms with E-state index >= 15 is 0 Å². The molecule has 0 atom stereocenters. The fourth-order valence-electron chi connectivity index (χ4n) is 3.64. The van der Waals surface area contributed by atoms with Crippen molar-refractivity contribution >= 4 is 7.82 Å². The van der Waals surface area contributed by atoms with Gasteiger partial charge in [0.25, 0.3) is 7.82 Å². The van der Waals surface area contributed by atoms with Crippen LogP contribution in [0.1, 0.15) is 101 Å². The van der Waals surface area contributed by atoms with E-state index in [1.807, 2.05) is 36.4 Å². The van der Waals surface area contributed by atoms with Gasteiger partial charge in [-0.1, -0.05) is 91.8 Å². The minimum atomic E-state index is -4.62. The van der Waals surface area contributed by atoms with Gasteiger partial charge in [0.1, 0.15) is 11.5 Å². The van der Waals surface area contributed by atoms with E-state index in [-0.39, 0.29) is 53.2 Å². The summed E-state index contributed by atoms with van der Waals surface area (Å²) in [7, 11) is -4.62. The number of benzene rings is 2. The summed E-state index contributed by atoms with van der Waals surface area (Å²) in [6.07, 6.45) is 0. The van der Waals surface area contributed by atoms with E-state index in [2.05, 4.69) is 55.4 Å². The topological polar surface area (TPSA) is 77.1 Å². The number of hydrogen-bond acceptors (Lipinski definition) is 6. The predicted molar refractivity (Wildman–Crippen MR) is 130 cm³/mol. The van der Waals surface area contributed by atoms with Crippen LogP contribution in [0.15, 0.2) is 36.4 Å². The molecule has 6 nitrogen and oxygen atoms in total. The first-order valence-corrected chi connectivity index (χ1v) is 13.0. The molecule has 0 spiro atoms. The number of phosphoric acid groups is 1. The molecular formula is C26H38NaO6P. The Balaban J connectivity index is 0.00000578. The summed E-state index contributed by atoms with van der Waals surface area (Å²) >= 11 is 0. The molecule has 2 aromatic rings. The van der Waals surface area contributed by atoms with Crippen LogP contribution in [0.5, 0.6) is 11.5 Å². The molecule has 8 heteroatoms. The van der Waals surface area contributed by atoms with Crippen molar-refractivity contribution in [1.29, 1.82) is 0 Å². The SMILES string of the molecule is CC(C)c1cccc(C(C)C)c1OCOP(=O)([O-])OCOc1c(C(C)C)cccc1C(C)C.[Na+]. The van der Waals surface area contributed by atoms with Crippen molar-refractivity contribution in [2.45, 2.75) is 79.1 Å². The largest absolute Gasteiger partial charge is 1.00 e. The quantitative estimate of drug-likeness (QED) is 0.249. The van der Waals surface area contributed by atoms with Crippen LogP contribution >= 0.6 is 7.82 Å². The average Bonchev–Trinajstić information content (AvgIpc) is 2.72. The van der Waals surface area contributed by atoms with Crippen LogP contribution in [-0.2, 0) is 13.6 Å². The summed E-state index contributed by atoms with van der Waals surface area (Å²) in [6, 6.07) is 11.9. The Morgan fingerprint density at radius 2 is 0.912 bits per heavy atom.